The molecule has 25 heavy (non-hydrogen) atoms. The van der Waals surface area contributed by atoms with E-state index in [2.05, 4.69) is 25.6 Å². The minimum Gasteiger partial charge on any atom is -0.310 e. The lowest BCUT2D eigenvalue weighted by atomic mass is 10.2. The van der Waals surface area contributed by atoms with E-state index in [9.17, 15) is 4.79 Å². The number of carbonyl (C=O) groups excluding carboxylic acids is 1. The molecular weight excluding hydrogens is 336 g/mol. The van der Waals surface area contributed by atoms with Gasteiger partial charge in [0.1, 0.15) is 11.6 Å². The molecule has 2 aromatic heterocycles. The third-order valence-electron chi connectivity index (χ3n) is 3.46. The summed E-state index contributed by atoms with van der Waals surface area (Å²) in [6, 6.07) is 11.5. The number of nitrogens with one attached hydrogen (secondary N) is 2. The minimum absolute atomic E-state index is 0.127. The molecule has 0 radical (unpaired) electrons. The Morgan fingerprint density at radius 1 is 1.32 bits per heavy atom. The molecule has 0 aliphatic heterocycles. The molecule has 2 N–H and O–H groups in total. The lowest BCUT2D eigenvalue weighted by Gasteiger charge is -2.08. The maximum absolute atomic E-state index is 12.3. The minimum atomic E-state index is -0.127. The SMILES string of the molecule is Cc1cc(NC(=O)CSc2n[nH]c(C(C)C)n2)n(-c2ccccc2)n1. The Bertz CT molecular complexity index is 855. The Labute approximate surface area is 150 Å². The Morgan fingerprint density at radius 2 is 2.08 bits per heavy atom. The van der Waals surface area contributed by atoms with Crippen LogP contribution in [0, 0.1) is 6.92 Å². The van der Waals surface area contributed by atoms with Gasteiger partial charge in [0, 0.05) is 12.0 Å². The van der Waals surface area contributed by atoms with Crippen LogP contribution in [0.5, 0.6) is 0 Å². The molecule has 1 amide bonds. The largest absolute Gasteiger partial charge is 0.310 e. The van der Waals surface area contributed by atoms with E-state index in [-0.39, 0.29) is 17.6 Å². The standard InChI is InChI=1S/C17H20N6OS/c1-11(2)16-19-17(21-20-16)25-10-15(24)18-14-9-12(3)22-23(14)13-7-5-4-6-8-13/h4-9,11H,10H2,1-3H3,(H,18,24)(H,19,20,21). The molecule has 0 unspecified atom stereocenters. The number of rotatable bonds is 6. The van der Waals surface area contributed by atoms with Crippen LogP contribution in [0.4, 0.5) is 5.82 Å². The zero-order valence-electron chi connectivity index (χ0n) is 14.4. The average Bonchev–Trinajstić information content (AvgIpc) is 3.20. The first-order chi connectivity index (χ1) is 12.0. The molecule has 3 rings (SSSR count). The summed E-state index contributed by atoms with van der Waals surface area (Å²) < 4.78 is 1.72. The number of nitrogens with zero attached hydrogens (tertiary/aromatic N) is 4. The molecule has 0 spiro atoms. The quantitative estimate of drug-likeness (QED) is 0.662. The number of benzene rings is 1. The fraction of sp³-hybridized carbons (Fsp3) is 0.294. The molecule has 0 atom stereocenters. The van der Waals surface area contributed by atoms with Crippen molar-refractivity contribution in [2.24, 2.45) is 0 Å². The van der Waals surface area contributed by atoms with Crippen LogP contribution in [0.2, 0.25) is 0 Å². The smallest absolute Gasteiger partial charge is 0.236 e. The number of aromatic amines is 1. The van der Waals surface area contributed by atoms with Crippen LogP contribution in [-0.2, 0) is 4.79 Å². The van der Waals surface area contributed by atoms with Gasteiger partial charge in [-0.3, -0.25) is 9.89 Å². The summed E-state index contributed by atoms with van der Waals surface area (Å²) in [5, 5.41) is 14.9. The normalized spacial score (nSPS) is 11.0. The summed E-state index contributed by atoms with van der Waals surface area (Å²) in [6.45, 7) is 5.97. The predicted octanol–water partition coefficient (Wildman–Crippen LogP) is 3.15. The highest BCUT2D eigenvalue weighted by Crippen LogP contribution is 2.19. The van der Waals surface area contributed by atoms with E-state index in [1.54, 1.807) is 4.68 Å². The molecule has 0 saturated carbocycles. The van der Waals surface area contributed by atoms with E-state index in [1.807, 2.05) is 57.2 Å². The summed E-state index contributed by atoms with van der Waals surface area (Å²) >= 11 is 1.30. The van der Waals surface area contributed by atoms with Gasteiger partial charge in [0.2, 0.25) is 11.1 Å². The van der Waals surface area contributed by atoms with Gasteiger partial charge in [0.25, 0.3) is 0 Å². The molecule has 1 aromatic carbocycles. The lowest BCUT2D eigenvalue weighted by molar-refractivity contribution is -0.113. The van der Waals surface area contributed by atoms with E-state index in [1.165, 1.54) is 11.8 Å². The summed E-state index contributed by atoms with van der Waals surface area (Å²) in [6.07, 6.45) is 0. The predicted molar refractivity (Wildman–Crippen MR) is 98.1 cm³/mol. The van der Waals surface area contributed by atoms with Gasteiger partial charge in [-0.05, 0) is 19.1 Å². The fourth-order valence-corrected chi connectivity index (χ4v) is 2.85. The molecule has 8 heteroatoms. The number of thioether (sulfide) groups is 1. The molecular formula is C17H20N6OS. The van der Waals surface area contributed by atoms with Crippen molar-refractivity contribution in [3.63, 3.8) is 0 Å². The van der Waals surface area contributed by atoms with E-state index < -0.39 is 0 Å². The molecule has 0 bridgehead atoms. The molecule has 0 fully saturated rings. The summed E-state index contributed by atoms with van der Waals surface area (Å²) in [4.78, 5) is 16.6. The van der Waals surface area contributed by atoms with Gasteiger partial charge in [-0.1, -0.05) is 43.8 Å². The zero-order valence-corrected chi connectivity index (χ0v) is 15.2. The maximum Gasteiger partial charge on any atom is 0.236 e. The first-order valence-corrected chi connectivity index (χ1v) is 8.98. The number of aromatic nitrogens is 5. The monoisotopic (exact) mass is 356 g/mol. The molecule has 0 aliphatic carbocycles. The average molecular weight is 356 g/mol. The van der Waals surface area contributed by atoms with Gasteiger partial charge in [0.15, 0.2) is 0 Å². The molecule has 0 aliphatic rings. The second kappa shape index (κ2) is 7.52. The van der Waals surface area contributed by atoms with Crippen LogP contribution in [0.25, 0.3) is 5.69 Å². The highest BCUT2D eigenvalue weighted by atomic mass is 32.2. The maximum atomic E-state index is 12.3. The molecule has 130 valence electrons. The second-order valence-electron chi connectivity index (χ2n) is 5.91. The van der Waals surface area contributed by atoms with Gasteiger partial charge in [-0.2, -0.15) is 5.10 Å². The van der Waals surface area contributed by atoms with Gasteiger partial charge >= 0.3 is 0 Å². The summed E-state index contributed by atoms with van der Waals surface area (Å²) in [5.74, 6) is 1.85. The van der Waals surface area contributed by atoms with Crippen LogP contribution < -0.4 is 5.32 Å². The summed E-state index contributed by atoms with van der Waals surface area (Å²) in [5.41, 5.74) is 1.73. The zero-order chi connectivity index (χ0) is 17.8. The first kappa shape index (κ1) is 17.2. The Kier molecular flexibility index (Phi) is 5.18. The number of aryl methyl sites for hydroxylation is 1. The van der Waals surface area contributed by atoms with Crippen LogP contribution >= 0.6 is 11.8 Å². The van der Waals surface area contributed by atoms with E-state index >= 15 is 0 Å². The fourth-order valence-electron chi connectivity index (χ4n) is 2.24. The second-order valence-corrected chi connectivity index (χ2v) is 6.86. The van der Waals surface area contributed by atoms with Crippen molar-refractivity contribution >= 4 is 23.5 Å². The van der Waals surface area contributed by atoms with Crippen molar-refractivity contribution in [1.29, 1.82) is 0 Å². The number of amides is 1. The molecule has 2 heterocycles. The number of carbonyl (C=O) groups is 1. The highest BCUT2D eigenvalue weighted by Gasteiger charge is 2.13. The van der Waals surface area contributed by atoms with Crippen LogP contribution in [0.15, 0.2) is 41.6 Å². The van der Waals surface area contributed by atoms with Gasteiger partial charge < -0.3 is 5.32 Å². The number of H-pyrrole nitrogens is 1. The van der Waals surface area contributed by atoms with Crippen molar-refractivity contribution < 1.29 is 4.79 Å². The molecule has 3 aromatic rings. The van der Waals surface area contributed by atoms with E-state index in [0.717, 1.165) is 17.2 Å². The van der Waals surface area contributed by atoms with E-state index in [0.29, 0.717) is 11.0 Å². The number of hydrogen-bond acceptors (Lipinski definition) is 5. The Hall–Kier alpha value is -2.61. The lowest BCUT2D eigenvalue weighted by Crippen LogP contribution is -2.17. The first-order valence-electron chi connectivity index (χ1n) is 8.00. The Morgan fingerprint density at radius 3 is 2.76 bits per heavy atom. The van der Waals surface area contributed by atoms with Crippen molar-refractivity contribution in [3.8, 4) is 5.69 Å². The van der Waals surface area contributed by atoms with Crippen molar-refractivity contribution in [1.82, 2.24) is 25.0 Å². The topological polar surface area (TPSA) is 88.5 Å². The van der Waals surface area contributed by atoms with E-state index in [4.69, 9.17) is 0 Å². The highest BCUT2D eigenvalue weighted by molar-refractivity contribution is 7.99. The third kappa shape index (κ3) is 4.27. The molecule has 0 saturated heterocycles. The van der Waals surface area contributed by atoms with Gasteiger partial charge in [-0.15, -0.1) is 5.10 Å². The Balaban J connectivity index is 1.65. The third-order valence-corrected chi connectivity index (χ3v) is 4.31. The van der Waals surface area contributed by atoms with Crippen LogP contribution in [0.1, 0.15) is 31.3 Å². The number of hydrogen-bond donors (Lipinski definition) is 2. The van der Waals surface area contributed by atoms with Crippen LogP contribution in [-0.4, -0.2) is 36.6 Å². The van der Waals surface area contributed by atoms with Crippen molar-refractivity contribution in [2.45, 2.75) is 31.8 Å². The van der Waals surface area contributed by atoms with Gasteiger partial charge in [-0.25, -0.2) is 9.67 Å². The van der Waals surface area contributed by atoms with Crippen molar-refractivity contribution in [2.75, 3.05) is 11.1 Å². The molecule has 7 nitrogen and oxygen atoms in total. The number of anilines is 1. The van der Waals surface area contributed by atoms with Gasteiger partial charge in [0.05, 0.1) is 17.1 Å². The number of para-hydroxylation sites is 1. The van der Waals surface area contributed by atoms with Crippen molar-refractivity contribution in [3.05, 3.63) is 47.9 Å². The summed E-state index contributed by atoms with van der Waals surface area (Å²) in [7, 11) is 0. The van der Waals surface area contributed by atoms with Crippen LogP contribution in [0.3, 0.4) is 0 Å².